The van der Waals surface area contributed by atoms with Crippen LogP contribution in [0.15, 0.2) is 30.5 Å². The average Bonchev–Trinajstić information content (AvgIpc) is 2.40. The first-order valence-electron chi connectivity index (χ1n) is 5.43. The number of benzene rings is 1. The van der Waals surface area contributed by atoms with E-state index in [0.29, 0.717) is 24.7 Å². The molecule has 3 N–H and O–H groups in total. The minimum absolute atomic E-state index is 0.0718. The molecule has 0 saturated heterocycles. The van der Waals surface area contributed by atoms with Crippen LogP contribution in [-0.2, 0) is 0 Å². The third-order valence-electron chi connectivity index (χ3n) is 2.30. The molecular formula is C12H12ClFN4. The zero-order valence-corrected chi connectivity index (χ0v) is 10.3. The Balaban J connectivity index is 2.29. The van der Waals surface area contributed by atoms with Gasteiger partial charge in [-0.2, -0.15) is 0 Å². The van der Waals surface area contributed by atoms with Gasteiger partial charge >= 0.3 is 0 Å². The van der Waals surface area contributed by atoms with Crippen molar-refractivity contribution in [2.75, 3.05) is 18.4 Å². The molecule has 0 aliphatic rings. The summed E-state index contributed by atoms with van der Waals surface area (Å²) >= 11 is 5.74. The summed E-state index contributed by atoms with van der Waals surface area (Å²) in [6.45, 7) is 1.09. The number of nitrogens with two attached hydrogens (primary N) is 1. The number of rotatable bonds is 4. The van der Waals surface area contributed by atoms with Crippen molar-refractivity contribution in [2.45, 2.75) is 0 Å². The van der Waals surface area contributed by atoms with Crippen molar-refractivity contribution in [1.82, 2.24) is 9.97 Å². The van der Waals surface area contributed by atoms with Gasteiger partial charge in [-0.25, -0.2) is 14.4 Å². The summed E-state index contributed by atoms with van der Waals surface area (Å²) in [5, 5.41) is 3.05. The van der Waals surface area contributed by atoms with Crippen molar-refractivity contribution in [2.24, 2.45) is 5.73 Å². The first kappa shape index (κ1) is 12.7. The maximum Gasteiger partial charge on any atom is 0.223 e. The van der Waals surface area contributed by atoms with Crippen LogP contribution in [0.1, 0.15) is 0 Å². The minimum atomic E-state index is -0.448. The summed E-state index contributed by atoms with van der Waals surface area (Å²) in [6.07, 6.45) is 1.62. The Kier molecular flexibility index (Phi) is 4.07. The van der Waals surface area contributed by atoms with Gasteiger partial charge in [0.1, 0.15) is 5.82 Å². The van der Waals surface area contributed by atoms with Gasteiger partial charge in [-0.3, -0.25) is 0 Å². The van der Waals surface area contributed by atoms with Crippen LogP contribution < -0.4 is 11.1 Å². The summed E-state index contributed by atoms with van der Waals surface area (Å²) in [5.41, 5.74) is 6.79. The van der Waals surface area contributed by atoms with E-state index in [1.807, 2.05) is 0 Å². The zero-order chi connectivity index (χ0) is 13.0. The monoisotopic (exact) mass is 266 g/mol. The fourth-order valence-corrected chi connectivity index (χ4v) is 1.62. The van der Waals surface area contributed by atoms with Crippen molar-refractivity contribution >= 4 is 17.5 Å². The average molecular weight is 267 g/mol. The van der Waals surface area contributed by atoms with Crippen LogP contribution in [0.4, 0.5) is 10.3 Å². The van der Waals surface area contributed by atoms with E-state index in [0.717, 1.165) is 5.56 Å². The van der Waals surface area contributed by atoms with Gasteiger partial charge in [-0.15, -0.1) is 0 Å². The van der Waals surface area contributed by atoms with Crippen molar-refractivity contribution < 1.29 is 4.39 Å². The number of hydrogen-bond acceptors (Lipinski definition) is 4. The summed E-state index contributed by atoms with van der Waals surface area (Å²) < 4.78 is 13.1. The Morgan fingerprint density at radius 2 is 2.17 bits per heavy atom. The molecule has 2 aromatic rings. The molecule has 1 aromatic heterocycles. The summed E-state index contributed by atoms with van der Waals surface area (Å²) in [6, 6.07) is 6.20. The Hall–Kier alpha value is -1.72. The molecule has 1 heterocycles. The maximum absolute atomic E-state index is 13.1. The number of nitrogens with one attached hydrogen (secondary N) is 1. The quantitative estimate of drug-likeness (QED) is 0.891. The highest BCUT2D eigenvalue weighted by Crippen LogP contribution is 2.23. The second-order valence-electron chi connectivity index (χ2n) is 3.61. The van der Waals surface area contributed by atoms with Gasteiger partial charge < -0.3 is 11.1 Å². The van der Waals surface area contributed by atoms with Gasteiger partial charge in [0.05, 0.1) is 10.7 Å². The SMILES string of the molecule is NCCNc1nccc(-c2ccc(F)c(Cl)c2)n1. The molecule has 1 aromatic carbocycles. The second-order valence-corrected chi connectivity index (χ2v) is 4.02. The predicted octanol–water partition coefficient (Wildman–Crippen LogP) is 2.31. The molecule has 0 spiro atoms. The molecule has 0 aliphatic carbocycles. The lowest BCUT2D eigenvalue weighted by Crippen LogP contribution is -2.14. The van der Waals surface area contributed by atoms with Crippen LogP contribution in [0.5, 0.6) is 0 Å². The number of halogens is 2. The van der Waals surface area contributed by atoms with Gasteiger partial charge in [0, 0.05) is 24.8 Å². The standard InChI is InChI=1S/C12H12ClFN4/c13-9-7-8(1-2-10(9)14)11-3-5-16-12(18-11)17-6-4-15/h1-3,5,7H,4,6,15H2,(H,16,17,18). The van der Waals surface area contributed by atoms with Crippen LogP contribution in [0, 0.1) is 5.82 Å². The maximum atomic E-state index is 13.1. The van der Waals surface area contributed by atoms with E-state index in [1.165, 1.54) is 12.1 Å². The Morgan fingerprint density at radius 1 is 1.33 bits per heavy atom. The van der Waals surface area contributed by atoms with E-state index in [-0.39, 0.29) is 5.02 Å². The lowest BCUT2D eigenvalue weighted by molar-refractivity contribution is 0.628. The second kappa shape index (κ2) is 5.75. The van der Waals surface area contributed by atoms with Gasteiger partial charge in [0.25, 0.3) is 0 Å². The third kappa shape index (κ3) is 2.94. The fraction of sp³-hybridized carbons (Fsp3) is 0.167. The largest absolute Gasteiger partial charge is 0.353 e. The lowest BCUT2D eigenvalue weighted by Gasteiger charge is -2.06. The van der Waals surface area contributed by atoms with Gasteiger partial charge in [0.2, 0.25) is 5.95 Å². The smallest absolute Gasteiger partial charge is 0.223 e. The molecule has 4 nitrogen and oxygen atoms in total. The molecule has 0 amide bonds. The molecule has 2 rings (SSSR count). The topological polar surface area (TPSA) is 63.8 Å². The highest BCUT2D eigenvalue weighted by Gasteiger charge is 2.05. The Bertz CT molecular complexity index is 547. The number of aromatic nitrogens is 2. The predicted molar refractivity (Wildman–Crippen MR) is 70.0 cm³/mol. The molecule has 0 atom stereocenters. The molecule has 0 unspecified atom stereocenters. The molecule has 0 radical (unpaired) electrons. The molecular weight excluding hydrogens is 255 g/mol. The highest BCUT2D eigenvalue weighted by atomic mass is 35.5. The van der Waals surface area contributed by atoms with E-state index in [4.69, 9.17) is 17.3 Å². The zero-order valence-electron chi connectivity index (χ0n) is 9.53. The lowest BCUT2D eigenvalue weighted by atomic mass is 10.1. The van der Waals surface area contributed by atoms with Gasteiger partial charge in [-0.1, -0.05) is 11.6 Å². The summed E-state index contributed by atoms with van der Waals surface area (Å²) in [7, 11) is 0. The van der Waals surface area contributed by atoms with Crippen molar-refractivity contribution in [3.63, 3.8) is 0 Å². The van der Waals surface area contributed by atoms with Crippen LogP contribution in [0.25, 0.3) is 11.3 Å². The van der Waals surface area contributed by atoms with E-state index in [9.17, 15) is 4.39 Å². The third-order valence-corrected chi connectivity index (χ3v) is 2.59. The first-order chi connectivity index (χ1) is 8.70. The number of hydrogen-bond donors (Lipinski definition) is 2. The normalized spacial score (nSPS) is 10.4. The van der Waals surface area contributed by atoms with Crippen LogP contribution in [0.2, 0.25) is 5.02 Å². The molecule has 0 bridgehead atoms. The number of anilines is 1. The van der Waals surface area contributed by atoms with Crippen LogP contribution >= 0.6 is 11.6 Å². The van der Waals surface area contributed by atoms with Gasteiger partial charge in [-0.05, 0) is 24.3 Å². The molecule has 18 heavy (non-hydrogen) atoms. The van der Waals surface area contributed by atoms with E-state index < -0.39 is 5.82 Å². The van der Waals surface area contributed by atoms with Gasteiger partial charge in [0.15, 0.2) is 0 Å². The minimum Gasteiger partial charge on any atom is -0.353 e. The molecule has 0 fully saturated rings. The number of nitrogens with zero attached hydrogens (tertiary/aromatic N) is 2. The van der Waals surface area contributed by atoms with Crippen molar-refractivity contribution in [3.05, 3.63) is 41.3 Å². The molecule has 0 aliphatic heterocycles. The fourth-order valence-electron chi connectivity index (χ4n) is 1.44. The van der Waals surface area contributed by atoms with Crippen molar-refractivity contribution in [1.29, 1.82) is 0 Å². The first-order valence-corrected chi connectivity index (χ1v) is 5.81. The van der Waals surface area contributed by atoms with E-state index in [1.54, 1.807) is 18.3 Å². The van der Waals surface area contributed by atoms with E-state index >= 15 is 0 Å². The highest BCUT2D eigenvalue weighted by molar-refractivity contribution is 6.31. The summed E-state index contributed by atoms with van der Waals surface area (Å²) in [5.74, 6) is 0.0364. The van der Waals surface area contributed by atoms with Crippen molar-refractivity contribution in [3.8, 4) is 11.3 Å². The Labute approximate surface area is 109 Å². The molecule has 6 heteroatoms. The van der Waals surface area contributed by atoms with Crippen LogP contribution in [-0.4, -0.2) is 23.1 Å². The Morgan fingerprint density at radius 3 is 2.89 bits per heavy atom. The van der Waals surface area contributed by atoms with Crippen LogP contribution in [0.3, 0.4) is 0 Å². The van der Waals surface area contributed by atoms with E-state index in [2.05, 4.69) is 15.3 Å². The summed E-state index contributed by atoms with van der Waals surface area (Å²) in [4.78, 5) is 8.35. The molecule has 0 saturated carbocycles. The molecule has 94 valence electrons.